The maximum Gasteiger partial charge on any atom is 0.258 e. The second kappa shape index (κ2) is 7.37. The summed E-state index contributed by atoms with van der Waals surface area (Å²) < 4.78 is 0. The molecule has 0 unspecified atom stereocenters. The average Bonchev–Trinajstić information content (AvgIpc) is 3.15. The quantitative estimate of drug-likeness (QED) is 0.527. The topological polar surface area (TPSA) is 83.6 Å². The summed E-state index contributed by atoms with van der Waals surface area (Å²) in [4.78, 5) is 21.1. The van der Waals surface area contributed by atoms with E-state index in [0.29, 0.717) is 16.3 Å². The van der Waals surface area contributed by atoms with Crippen LogP contribution in [-0.4, -0.2) is 26.1 Å². The highest BCUT2D eigenvalue weighted by Gasteiger charge is 2.13. The Labute approximate surface area is 154 Å². The van der Waals surface area contributed by atoms with Crippen molar-refractivity contribution in [2.24, 2.45) is 0 Å². The molecule has 0 spiro atoms. The van der Waals surface area contributed by atoms with Crippen molar-refractivity contribution in [2.75, 3.05) is 5.32 Å². The number of hydrogen-bond acceptors (Lipinski definition) is 5. The normalized spacial score (nSPS) is 10.8. The first-order valence-electron chi connectivity index (χ1n) is 8.01. The van der Waals surface area contributed by atoms with Gasteiger partial charge in [-0.15, -0.1) is 11.8 Å². The van der Waals surface area contributed by atoms with Gasteiger partial charge in [0, 0.05) is 35.4 Å². The highest BCUT2D eigenvalue weighted by molar-refractivity contribution is 7.98. The van der Waals surface area contributed by atoms with E-state index in [1.807, 2.05) is 30.3 Å². The maximum absolute atomic E-state index is 12.7. The van der Waals surface area contributed by atoms with E-state index in [4.69, 9.17) is 0 Å². The van der Waals surface area contributed by atoms with Crippen molar-refractivity contribution in [3.63, 3.8) is 0 Å². The minimum Gasteiger partial charge on any atom is -0.322 e. The number of thioether (sulfide) groups is 1. The fourth-order valence-electron chi connectivity index (χ4n) is 2.52. The van der Waals surface area contributed by atoms with E-state index < -0.39 is 0 Å². The summed E-state index contributed by atoms with van der Waals surface area (Å²) in [6.07, 6.45) is 6.96. The number of aromatic nitrogens is 4. The number of pyridine rings is 2. The van der Waals surface area contributed by atoms with Gasteiger partial charge in [-0.2, -0.15) is 5.10 Å². The molecule has 3 aromatic heterocycles. The van der Waals surface area contributed by atoms with Crippen LogP contribution in [0.3, 0.4) is 0 Å². The second-order valence-electron chi connectivity index (χ2n) is 5.63. The van der Waals surface area contributed by atoms with E-state index in [1.54, 1.807) is 36.9 Å². The van der Waals surface area contributed by atoms with Gasteiger partial charge >= 0.3 is 0 Å². The summed E-state index contributed by atoms with van der Waals surface area (Å²) in [7, 11) is 0. The number of nitrogens with zero attached hydrogens (tertiary/aromatic N) is 3. The number of H-pyrrole nitrogens is 1. The average molecular weight is 361 g/mol. The molecule has 3 heterocycles. The number of rotatable bonds is 5. The number of aromatic amines is 1. The summed E-state index contributed by atoms with van der Waals surface area (Å²) in [5, 5.41) is 11.5. The Hall–Kier alpha value is -3.19. The molecule has 7 heteroatoms. The van der Waals surface area contributed by atoms with Gasteiger partial charge in [0.15, 0.2) is 0 Å². The van der Waals surface area contributed by atoms with Crippen molar-refractivity contribution in [2.45, 2.75) is 10.8 Å². The fourth-order valence-corrected chi connectivity index (χ4v) is 3.47. The van der Waals surface area contributed by atoms with Crippen LogP contribution < -0.4 is 5.32 Å². The lowest BCUT2D eigenvalue weighted by Crippen LogP contribution is -2.13. The van der Waals surface area contributed by atoms with Crippen LogP contribution in [0.1, 0.15) is 15.9 Å². The molecule has 6 nitrogen and oxygen atoms in total. The predicted molar refractivity (Wildman–Crippen MR) is 102 cm³/mol. The summed E-state index contributed by atoms with van der Waals surface area (Å²) in [5.41, 5.74) is 3.27. The van der Waals surface area contributed by atoms with Gasteiger partial charge in [-0.25, -0.2) is 4.98 Å². The Bertz CT molecular complexity index is 1050. The lowest BCUT2D eigenvalue weighted by Gasteiger charge is -2.09. The van der Waals surface area contributed by atoms with Gasteiger partial charge in [-0.05, 0) is 48.0 Å². The molecule has 0 radical (unpaired) electrons. The van der Waals surface area contributed by atoms with E-state index in [9.17, 15) is 4.79 Å². The SMILES string of the molecule is O=C(Nc1ccc2cn[nH]c2c1)c1cccnc1SCc1ccncc1. The minimum atomic E-state index is -0.186. The Morgan fingerprint density at radius 2 is 2.00 bits per heavy atom. The van der Waals surface area contributed by atoms with Crippen LogP contribution in [0.15, 0.2) is 72.3 Å². The van der Waals surface area contributed by atoms with Gasteiger partial charge < -0.3 is 5.32 Å². The molecule has 4 aromatic rings. The molecule has 0 fully saturated rings. The molecule has 26 heavy (non-hydrogen) atoms. The Balaban J connectivity index is 1.52. The lowest BCUT2D eigenvalue weighted by molar-refractivity contribution is 0.102. The number of carbonyl (C=O) groups is 1. The van der Waals surface area contributed by atoms with Crippen molar-refractivity contribution >= 4 is 34.3 Å². The maximum atomic E-state index is 12.7. The zero-order valence-electron chi connectivity index (χ0n) is 13.7. The van der Waals surface area contributed by atoms with Crippen molar-refractivity contribution in [3.8, 4) is 0 Å². The van der Waals surface area contributed by atoms with E-state index >= 15 is 0 Å². The number of nitrogens with one attached hydrogen (secondary N) is 2. The van der Waals surface area contributed by atoms with E-state index in [-0.39, 0.29) is 5.91 Å². The number of carbonyl (C=O) groups excluding carboxylic acids is 1. The number of fused-ring (bicyclic) bond motifs is 1. The minimum absolute atomic E-state index is 0.186. The monoisotopic (exact) mass is 361 g/mol. The zero-order valence-corrected chi connectivity index (χ0v) is 14.5. The molecule has 1 aromatic carbocycles. The van der Waals surface area contributed by atoms with Gasteiger partial charge in [-0.1, -0.05) is 0 Å². The summed E-state index contributed by atoms with van der Waals surface area (Å²) in [6.45, 7) is 0. The molecule has 4 rings (SSSR count). The van der Waals surface area contributed by atoms with Gasteiger partial charge in [0.2, 0.25) is 0 Å². The first-order chi connectivity index (χ1) is 12.8. The molecular formula is C19H15N5OS. The van der Waals surface area contributed by atoms with E-state index in [0.717, 1.165) is 22.2 Å². The molecule has 0 aliphatic rings. The van der Waals surface area contributed by atoms with E-state index in [2.05, 4.69) is 25.5 Å². The Kier molecular flexibility index (Phi) is 4.61. The third-order valence-corrected chi connectivity index (χ3v) is 4.92. The number of hydrogen-bond donors (Lipinski definition) is 2. The van der Waals surface area contributed by atoms with E-state index in [1.165, 1.54) is 11.8 Å². The lowest BCUT2D eigenvalue weighted by atomic mass is 10.2. The first-order valence-corrected chi connectivity index (χ1v) is 8.99. The van der Waals surface area contributed by atoms with Crippen LogP contribution in [0.2, 0.25) is 0 Å². The molecule has 1 amide bonds. The largest absolute Gasteiger partial charge is 0.322 e. The number of anilines is 1. The fraction of sp³-hybridized carbons (Fsp3) is 0.0526. The third kappa shape index (κ3) is 3.57. The van der Waals surface area contributed by atoms with Gasteiger partial charge in [-0.3, -0.25) is 14.9 Å². The van der Waals surface area contributed by atoms with Crippen molar-refractivity contribution in [1.82, 2.24) is 20.2 Å². The Morgan fingerprint density at radius 1 is 1.12 bits per heavy atom. The van der Waals surface area contributed by atoms with Crippen molar-refractivity contribution in [1.29, 1.82) is 0 Å². The molecule has 128 valence electrons. The molecule has 0 saturated heterocycles. The van der Waals surface area contributed by atoms with Crippen LogP contribution >= 0.6 is 11.8 Å². The molecule has 0 saturated carbocycles. The van der Waals surface area contributed by atoms with Crippen molar-refractivity contribution in [3.05, 3.63) is 78.4 Å². The Morgan fingerprint density at radius 3 is 2.88 bits per heavy atom. The van der Waals surface area contributed by atoms with Crippen LogP contribution in [0, 0.1) is 0 Å². The van der Waals surface area contributed by atoms with Crippen LogP contribution in [0.25, 0.3) is 10.9 Å². The second-order valence-corrected chi connectivity index (χ2v) is 6.59. The standard InChI is InChI=1S/C19H15N5OS/c25-18(23-15-4-3-14-11-22-24-17(14)10-15)16-2-1-7-21-19(16)26-12-13-5-8-20-9-6-13/h1-11H,12H2,(H,22,24)(H,23,25). The smallest absolute Gasteiger partial charge is 0.258 e. The third-order valence-electron chi connectivity index (χ3n) is 3.84. The highest BCUT2D eigenvalue weighted by atomic mass is 32.2. The van der Waals surface area contributed by atoms with Crippen LogP contribution in [0.4, 0.5) is 5.69 Å². The van der Waals surface area contributed by atoms with Crippen LogP contribution in [0.5, 0.6) is 0 Å². The molecule has 0 aliphatic carbocycles. The van der Waals surface area contributed by atoms with Gasteiger partial charge in [0.25, 0.3) is 5.91 Å². The molecule has 0 atom stereocenters. The molecular weight excluding hydrogens is 346 g/mol. The number of amides is 1. The molecule has 2 N–H and O–H groups in total. The first kappa shape index (κ1) is 16.3. The van der Waals surface area contributed by atoms with Gasteiger partial charge in [0.05, 0.1) is 17.3 Å². The van der Waals surface area contributed by atoms with Crippen LogP contribution in [-0.2, 0) is 5.75 Å². The highest BCUT2D eigenvalue weighted by Crippen LogP contribution is 2.25. The van der Waals surface area contributed by atoms with Gasteiger partial charge in [0.1, 0.15) is 5.03 Å². The number of benzene rings is 1. The predicted octanol–water partition coefficient (Wildman–Crippen LogP) is 3.90. The summed E-state index contributed by atoms with van der Waals surface area (Å²) in [6, 6.07) is 13.1. The summed E-state index contributed by atoms with van der Waals surface area (Å²) >= 11 is 1.53. The molecule has 0 bridgehead atoms. The zero-order chi connectivity index (χ0) is 17.8. The molecule has 0 aliphatic heterocycles. The van der Waals surface area contributed by atoms with Crippen molar-refractivity contribution < 1.29 is 4.79 Å². The summed E-state index contributed by atoms with van der Waals surface area (Å²) in [5.74, 6) is 0.536.